The average Bonchev–Trinajstić information content (AvgIpc) is 2.81. The molecule has 0 saturated carbocycles. The van der Waals surface area contributed by atoms with Crippen LogP contribution in [-0.2, 0) is 7.05 Å². The third kappa shape index (κ3) is 2.96. The molecule has 1 unspecified atom stereocenters. The number of nitrogens with one attached hydrogen (secondary N) is 1. The van der Waals surface area contributed by atoms with Crippen molar-refractivity contribution in [1.29, 1.82) is 0 Å². The molecule has 3 nitrogen and oxygen atoms in total. The smallest absolute Gasteiger partial charge is 0.146 e. The van der Waals surface area contributed by atoms with Crippen LogP contribution in [0.15, 0.2) is 30.5 Å². The number of rotatable bonds is 5. The molecule has 19 heavy (non-hydrogen) atoms. The Hall–Kier alpha value is -1.39. The van der Waals surface area contributed by atoms with Crippen molar-refractivity contribution in [1.82, 2.24) is 15.1 Å². The summed E-state index contributed by atoms with van der Waals surface area (Å²) in [5.74, 6) is -0.376. The van der Waals surface area contributed by atoms with Crippen molar-refractivity contribution in [2.75, 3.05) is 6.54 Å². The normalized spacial score (nSPS) is 12.6. The zero-order valence-electron chi connectivity index (χ0n) is 11.0. The van der Waals surface area contributed by atoms with Gasteiger partial charge in [-0.25, -0.2) is 4.39 Å². The molecule has 102 valence electrons. The van der Waals surface area contributed by atoms with Crippen LogP contribution in [0, 0.1) is 5.82 Å². The third-order valence-electron chi connectivity index (χ3n) is 3.05. The largest absolute Gasteiger partial charge is 0.305 e. The summed E-state index contributed by atoms with van der Waals surface area (Å²) in [4.78, 5) is 0. The lowest BCUT2D eigenvalue weighted by Gasteiger charge is -2.20. The number of nitrogens with zero attached hydrogens (tertiary/aromatic N) is 2. The van der Waals surface area contributed by atoms with Crippen LogP contribution in [0.3, 0.4) is 0 Å². The summed E-state index contributed by atoms with van der Waals surface area (Å²) in [5.41, 5.74) is 1.46. The zero-order valence-corrected chi connectivity index (χ0v) is 11.8. The summed E-state index contributed by atoms with van der Waals surface area (Å²) in [5, 5.41) is 7.62. The highest BCUT2D eigenvalue weighted by atomic mass is 35.5. The molecule has 0 fully saturated rings. The maximum Gasteiger partial charge on any atom is 0.146 e. The Morgan fingerprint density at radius 3 is 2.84 bits per heavy atom. The SMILES string of the molecule is CCCNC(c1cccc(Cl)c1F)c1ccnn1C. The molecule has 0 aliphatic carbocycles. The Kier molecular flexibility index (Phi) is 4.56. The number of hydrogen-bond acceptors (Lipinski definition) is 2. The summed E-state index contributed by atoms with van der Waals surface area (Å²) in [6.45, 7) is 2.86. The molecule has 1 N–H and O–H groups in total. The van der Waals surface area contributed by atoms with Crippen molar-refractivity contribution in [2.45, 2.75) is 19.4 Å². The predicted molar refractivity (Wildman–Crippen MR) is 74.8 cm³/mol. The fraction of sp³-hybridized carbons (Fsp3) is 0.357. The first-order valence-electron chi connectivity index (χ1n) is 6.30. The zero-order chi connectivity index (χ0) is 13.8. The molecule has 1 aromatic heterocycles. The molecule has 0 aliphatic rings. The molecule has 0 bridgehead atoms. The molecular formula is C14H17ClFN3. The molecule has 1 heterocycles. The molecule has 1 aromatic carbocycles. The Labute approximate surface area is 117 Å². The lowest BCUT2D eigenvalue weighted by atomic mass is 10.0. The van der Waals surface area contributed by atoms with Crippen LogP contribution in [0.25, 0.3) is 0 Å². The number of hydrogen-bond donors (Lipinski definition) is 1. The summed E-state index contributed by atoms with van der Waals surface area (Å²) in [6.07, 6.45) is 2.68. The van der Waals surface area contributed by atoms with Crippen LogP contribution in [0.5, 0.6) is 0 Å². The van der Waals surface area contributed by atoms with Gasteiger partial charge in [-0.3, -0.25) is 4.68 Å². The average molecular weight is 282 g/mol. The van der Waals surface area contributed by atoms with Gasteiger partial charge < -0.3 is 5.32 Å². The van der Waals surface area contributed by atoms with Gasteiger partial charge in [0.15, 0.2) is 0 Å². The van der Waals surface area contributed by atoms with E-state index in [-0.39, 0.29) is 16.9 Å². The van der Waals surface area contributed by atoms with Crippen LogP contribution >= 0.6 is 11.6 Å². The number of benzene rings is 1. The van der Waals surface area contributed by atoms with Crippen LogP contribution in [0.1, 0.15) is 30.6 Å². The maximum atomic E-state index is 14.2. The van der Waals surface area contributed by atoms with E-state index >= 15 is 0 Å². The Bertz CT molecular complexity index is 553. The third-order valence-corrected chi connectivity index (χ3v) is 3.34. The van der Waals surface area contributed by atoms with E-state index in [9.17, 15) is 4.39 Å². The van der Waals surface area contributed by atoms with E-state index in [0.717, 1.165) is 18.7 Å². The van der Waals surface area contributed by atoms with Crippen molar-refractivity contribution < 1.29 is 4.39 Å². The minimum absolute atomic E-state index is 0.142. The maximum absolute atomic E-state index is 14.2. The second-order valence-electron chi connectivity index (χ2n) is 4.41. The number of aromatic nitrogens is 2. The van der Waals surface area contributed by atoms with Gasteiger partial charge in [0.2, 0.25) is 0 Å². The van der Waals surface area contributed by atoms with Crippen molar-refractivity contribution in [2.24, 2.45) is 7.05 Å². The highest BCUT2D eigenvalue weighted by Crippen LogP contribution is 2.27. The van der Waals surface area contributed by atoms with Crippen molar-refractivity contribution in [3.63, 3.8) is 0 Å². The van der Waals surface area contributed by atoms with Gasteiger partial charge in [-0.1, -0.05) is 30.7 Å². The van der Waals surface area contributed by atoms with Gasteiger partial charge >= 0.3 is 0 Å². The van der Waals surface area contributed by atoms with Gasteiger partial charge in [-0.05, 0) is 25.1 Å². The predicted octanol–water partition coefficient (Wildman–Crippen LogP) is 3.30. The van der Waals surface area contributed by atoms with Crippen LogP contribution in [0.4, 0.5) is 4.39 Å². The summed E-state index contributed by atoms with van der Waals surface area (Å²) >= 11 is 5.87. The highest BCUT2D eigenvalue weighted by Gasteiger charge is 2.21. The Morgan fingerprint density at radius 2 is 2.21 bits per heavy atom. The molecular weight excluding hydrogens is 265 g/mol. The van der Waals surface area contributed by atoms with Crippen LogP contribution in [0.2, 0.25) is 5.02 Å². The molecule has 0 aliphatic heterocycles. The molecule has 1 atom stereocenters. The minimum Gasteiger partial charge on any atom is -0.305 e. The van der Waals surface area contributed by atoms with E-state index in [1.54, 1.807) is 29.1 Å². The second kappa shape index (κ2) is 6.17. The fourth-order valence-electron chi connectivity index (χ4n) is 2.07. The van der Waals surface area contributed by atoms with E-state index in [0.29, 0.717) is 5.56 Å². The van der Waals surface area contributed by atoms with Crippen molar-refractivity contribution in [3.8, 4) is 0 Å². The van der Waals surface area contributed by atoms with Crippen molar-refractivity contribution >= 4 is 11.6 Å². The van der Waals surface area contributed by atoms with Crippen LogP contribution in [-0.4, -0.2) is 16.3 Å². The molecule has 0 spiro atoms. The summed E-state index contributed by atoms with van der Waals surface area (Å²) in [6, 6.07) is 6.71. The number of halogens is 2. The lowest BCUT2D eigenvalue weighted by molar-refractivity contribution is 0.520. The molecule has 0 amide bonds. The first-order chi connectivity index (χ1) is 9.15. The Balaban J connectivity index is 2.43. The highest BCUT2D eigenvalue weighted by molar-refractivity contribution is 6.30. The van der Waals surface area contributed by atoms with E-state index in [2.05, 4.69) is 17.3 Å². The molecule has 0 saturated heterocycles. The standard InChI is InChI=1S/C14H17ClFN3/c1-3-8-17-14(12-7-9-18-19(12)2)10-5-4-6-11(15)13(10)16/h4-7,9,14,17H,3,8H2,1-2H3. The van der Waals surface area contributed by atoms with Gasteiger partial charge in [0.25, 0.3) is 0 Å². The summed E-state index contributed by atoms with van der Waals surface area (Å²) in [7, 11) is 1.85. The van der Waals surface area contributed by atoms with Gasteiger partial charge in [0.1, 0.15) is 5.82 Å². The molecule has 2 aromatic rings. The minimum atomic E-state index is -0.376. The quantitative estimate of drug-likeness (QED) is 0.911. The number of aryl methyl sites for hydroxylation is 1. The topological polar surface area (TPSA) is 29.9 Å². The molecule has 0 radical (unpaired) electrons. The second-order valence-corrected chi connectivity index (χ2v) is 4.82. The monoisotopic (exact) mass is 281 g/mol. The van der Waals surface area contributed by atoms with Gasteiger partial charge in [0, 0.05) is 18.8 Å². The lowest BCUT2D eigenvalue weighted by Crippen LogP contribution is -2.26. The van der Waals surface area contributed by atoms with E-state index in [4.69, 9.17) is 11.6 Å². The van der Waals surface area contributed by atoms with Gasteiger partial charge in [0.05, 0.1) is 16.8 Å². The Morgan fingerprint density at radius 1 is 1.42 bits per heavy atom. The van der Waals surface area contributed by atoms with E-state index < -0.39 is 0 Å². The fourth-order valence-corrected chi connectivity index (χ4v) is 2.26. The van der Waals surface area contributed by atoms with Gasteiger partial charge in [-0.15, -0.1) is 0 Å². The van der Waals surface area contributed by atoms with Crippen LogP contribution < -0.4 is 5.32 Å². The summed E-state index contributed by atoms with van der Waals surface area (Å²) < 4.78 is 15.9. The molecule has 5 heteroatoms. The van der Waals surface area contributed by atoms with E-state index in [1.165, 1.54) is 0 Å². The molecule has 2 rings (SSSR count). The first kappa shape index (κ1) is 14.0. The van der Waals surface area contributed by atoms with Gasteiger partial charge in [-0.2, -0.15) is 5.10 Å². The van der Waals surface area contributed by atoms with Crippen molar-refractivity contribution in [3.05, 3.63) is 52.6 Å². The van der Waals surface area contributed by atoms with E-state index in [1.807, 2.05) is 13.1 Å². The first-order valence-corrected chi connectivity index (χ1v) is 6.68.